The Bertz CT molecular complexity index is 381. The molecule has 0 fully saturated rings. The van der Waals surface area contributed by atoms with Gasteiger partial charge in [0.2, 0.25) is 0 Å². The Hall–Kier alpha value is -1.23. The van der Waals surface area contributed by atoms with Crippen LogP contribution in [-0.2, 0) is 0 Å². The highest BCUT2D eigenvalue weighted by Gasteiger charge is 2.05. The van der Waals surface area contributed by atoms with E-state index in [4.69, 9.17) is 0 Å². The molecule has 20 heavy (non-hydrogen) atoms. The Morgan fingerprint density at radius 2 is 2.05 bits per heavy atom. The summed E-state index contributed by atoms with van der Waals surface area (Å²) in [6.45, 7) is 3.61. The molecule has 1 aromatic heterocycles. The first kappa shape index (κ1) is 16.8. The van der Waals surface area contributed by atoms with Gasteiger partial charge in [-0.15, -0.1) is 0 Å². The molecule has 1 amide bonds. The maximum Gasteiger partial charge on any atom is 0.269 e. The highest BCUT2D eigenvalue weighted by atomic mass is 32.2. The Balaban J connectivity index is 2.18. The fraction of sp³-hybridized carbons (Fsp3) is 0.600. The molecule has 0 aliphatic heterocycles. The number of anilines is 1. The molecule has 1 rings (SSSR count). The van der Waals surface area contributed by atoms with Crippen LogP contribution in [0.1, 0.15) is 43.1 Å². The van der Waals surface area contributed by atoms with E-state index in [-0.39, 0.29) is 5.91 Å². The van der Waals surface area contributed by atoms with E-state index >= 15 is 0 Å². The molecule has 0 atom stereocenters. The zero-order valence-electron chi connectivity index (χ0n) is 12.4. The molecule has 0 spiro atoms. The van der Waals surface area contributed by atoms with Crippen LogP contribution in [0.3, 0.4) is 0 Å². The quantitative estimate of drug-likeness (QED) is 0.651. The van der Waals surface area contributed by atoms with E-state index < -0.39 is 0 Å². The third-order valence-corrected chi connectivity index (χ3v) is 3.63. The van der Waals surface area contributed by atoms with Crippen LogP contribution < -0.4 is 10.6 Å². The first-order chi connectivity index (χ1) is 9.77. The van der Waals surface area contributed by atoms with E-state index in [2.05, 4.69) is 21.9 Å². The maximum absolute atomic E-state index is 11.9. The molecule has 1 aromatic rings. The highest BCUT2D eigenvalue weighted by molar-refractivity contribution is 7.98. The standard InChI is InChI=1S/C15H25N3OS/c1-3-16-13-8-9-14(18-12-13)15(19)17-10-6-4-5-7-11-20-2/h8-9,12,16H,3-7,10-11H2,1-2H3,(H,17,19). The van der Waals surface area contributed by atoms with Crippen LogP contribution in [0.2, 0.25) is 0 Å². The van der Waals surface area contributed by atoms with Crippen molar-refractivity contribution in [2.45, 2.75) is 32.6 Å². The summed E-state index contributed by atoms with van der Waals surface area (Å²) in [5.41, 5.74) is 1.42. The predicted octanol–water partition coefficient (Wildman–Crippen LogP) is 3.17. The van der Waals surface area contributed by atoms with Gasteiger partial charge in [0.25, 0.3) is 5.91 Å². The lowest BCUT2D eigenvalue weighted by atomic mass is 10.2. The molecule has 0 bridgehead atoms. The lowest BCUT2D eigenvalue weighted by Gasteiger charge is -2.06. The average molecular weight is 295 g/mol. The number of carbonyl (C=O) groups is 1. The van der Waals surface area contributed by atoms with Crippen LogP contribution in [0, 0.1) is 0 Å². The number of hydrogen-bond acceptors (Lipinski definition) is 4. The number of pyridine rings is 1. The van der Waals surface area contributed by atoms with Gasteiger partial charge in [0, 0.05) is 13.1 Å². The van der Waals surface area contributed by atoms with Gasteiger partial charge >= 0.3 is 0 Å². The summed E-state index contributed by atoms with van der Waals surface area (Å²) in [6.07, 6.45) is 8.55. The fourth-order valence-corrected chi connectivity index (χ4v) is 2.35. The lowest BCUT2D eigenvalue weighted by Crippen LogP contribution is -2.25. The van der Waals surface area contributed by atoms with Crippen molar-refractivity contribution in [2.75, 3.05) is 30.4 Å². The van der Waals surface area contributed by atoms with E-state index in [0.29, 0.717) is 5.69 Å². The van der Waals surface area contributed by atoms with Crippen molar-refractivity contribution in [1.29, 1.82) is 0 Å². The molecule has 0 radical (unpaired) electrons. The van der Waals surface area contributed by atoms with Crippen LogP contribution >= 0.6 is 11.8 Å². The molecule has 0 aliphatic carbocycles. The van der Waals surface area contributed by atoms with Crippen LogP contribution in [0.15, 0.2) is 18.3 Å². The molecule has 0 saturated heterocycles. The summed E-state index contributed by atoms with van der Waals surface area (Å²) in [4.78, 5) is 16.0. The van der Waals surface area contributed by atoms with Crippen LogP contribution in [0.25, 0.3) is 0 Å². The minimum atomic E-state index is -0.0860. The molecule has 0 saturated carbocycles. The lowest BCUT2D eigenvalue weighted by molar-refractivity contribution is 0.0948. The summed E-state index contributed by atoms with van der Waals surface area (Å²) < 4.78 is 0. The normalized spacial score (nSPS) is 10.3. The molecule has 0 unspecified atom stereocenters. The molecule has 112 valence electrons. The van der Waals surface area contributed by atoms with E-state index in [1.807, 2.05) is 24.8 Å². The summed E-state index contributed by atoms with van der Waals surface area (Å²) in [5, 5.41) is 6.07. The van der Waals surface area contributed by atoms with E-state index in [1.165, 1.54) is 25.0 Å². The summed E-state index contributed by atoms with van der Waals surface area (Å²) in [5.74, 6) is 1.14. The monoisotopic (exact) mass is 295 g/mol. The number of nitrogens with zero attached hydrogens (tertiary/aromatic N) is 1. The van der Waals surface area contributed by atoms with Crippen molar-refractivity contribution >= 4 is 23.4 Å². The van der Waals surface area contributed by atoms with Gasteiger partial charge in [0.1, 0.15) is 5.69 Å². The fourth-order valence-electron chi connectivity index (χ4n) is 1.85. The predicted molar refractivity (Wildman–Crippen MR) is 87.6 cm³/mol. The molecular weight excluding hydrogens is 270 g/mol. The summed E-state index contributed by atoms with van der Waals surface area (Å²) >= 11 is 1.89. The second kappa shape index (κ2) is 10.5. The minimum absolute atomic E-state index is 0.0860. The van der Waals surface area contributed by atoms with Gasteiger partial charge < -0.3 is 10.6 Å². The van der Waals surface area contributed by atoms with Gasteiger partial charge in [-0.05, 0) is 43.9 Å². The third-order valence-electron chi connectivity index (χ3n) is 2.94. The van der Waals surface area contributed by atoms with Crippen LogP contribution in [0.4, 0.5) is 5.69 Å². The summed E-state index contributed by atoms with van der Waals surface area (Å²) in [6, 6.07) is 3.64. The van der Waals surface area contributed by atoms with Crippen LogP contribution in [0.5, 0.6) is 0 Å². The van der Waals surface area contributed by atoms with Gasteiger partial charge in [0.15, 0.2) is 0 Å². The Morgan fingerprint density at radius 1 is 1.25 bits per heavy atom. The van der Waals surface area contributed by atoms with E-state index in [0.717, 1.165) is 25.2 Å². The van der Waals surface area contributed by atoms with Crippen molar-refractivity contribution in [3.63, 3.8) is 0 Å². The number of hydrogen-bond donors (Lipinski definition) is 2. The van der Waals surface area contributed by atoms with Crippen LogP contribution in [-0.4, -0.2) is 36.0 Å². The van der Waals surface area contributed by atoms with Gasteiger partial charge in [0.05, 0.1) is 11.9 Å². The summed E-state index contributed by atoms with van der Waals surface area (Å²) in [7, 11) is 0. The van der Waals surface area contributed by atoms with Crippen molar-refractivity contribution in [2.24, 2.45) is 0 Å². The smallest absolute Gasteiger partial charge is 0.269 e. The van der Waals surface area contributed by atoms with Gasteiger partial charge in [-0.2, -0.15) is 11.8 Å². The third kappa shape index (κ3) is 6.80. The second-order valence-electron chi connectivity index (χ2n) is 4.63. The SMILES string of the molecule is CCNc1ccc(C(=O)NCCCCCCSC)nc1. The minimum Gasteiger partial charge on any atom is -0.384 e. The zero-order valence-corrected chi connectivity index (χ0v) is 13.3. The van der Waals surface area contributed by atoms with Gasteiger partial charge in [-0.25, -0.2) is 4.98 Å². The van der Waals surface area contributed by atoms with E-state index in [1.54, 1.807) is 12.3 Å². The highest BCUT2D eigenvalue weighted by Crippen LogP contribution is 2.06. The molecule has 5 heteroatoms. The zero-order chi connectivity index (χ0) is 14.6. The number of aromatic nitrogens is 1. The van der Waals surface area contributed by atoms with Crippen molar-refractivity contribution in [1.82, 2.24) is 10.3 Å². The molecule has 2 N–H and O–H groups in total. The maximum atomic E-state index is 11.9. The first-order valence-electron chi connectivity index (χ1n) is 7.25. The Morgan fingerprint density at radius 3 is 2.70 bits per heavy atom. The van der Waals surface area contributed by atoms with Crippen molar-refractivity contribution in [3.05, 3.63) is 24.0 Å². The van der Waals surface area contributed by atoms with Crippen molar-refractivity contribution < 1.29 is 4.79 Å². The number of carbonyl (C=O) groups excluding carboxylic acids is 1. The number of nitrogens with one attached hydrogen (secondary N) is 2. The number of thioether (sulfide) groups is 1. The largest absolute Gasteiger partial charge is 0.384 e. The number of unbranched alkanes of at least 4 members (excludes halogenated alkanes) is 3. The van der Waals surface area contributed by atoms with Gasteiger partial charge in [-0.3, -0.25) is 4.79 Å². The topological polar surface area (TPSA) is 54.0 Å². The molecular formula is C15H25N3OS. The average Bonchev–Trinajstić information content (AvgIpc) is 2.47. The molecule has 4 nitrogen and oxygen atoms in total. The number of amides is 1. The molecule has 0 aliphatic rings. The molecule has 1 heterocycles. The Kier molecular flexibility index (Phi) is 8.87. The first-order valence-corrected chi connectivity index (χ1v) is 8.64. The second-order valence-corrected chi connectivity index (χ2v) is 5.61. The Labute approximate surface area is 126 Å². The number of rotatable bonds is 10. The van der Waals surface area contributed by atoms with Crippen molar-refractivity contribution in [3.8, 4) is 0 Å². The molecule has 0 aromatic carbocycles. The van der Waals surface area contributed by atoms with Gasteiger partial charge in [-0.1, -0.05) is 12.8 Å². The van der Waals surface area contributed by atoms with E-state index in [9.17, 15) is 4.79 Å².